The predicted octanol–water partition coefficient (Wildman–Crippen LogP) is 1.01. The Morgan fingerprint density at radius 1 is 1.17 bits per heavy atom. The van der Waals surface area contributed by atoms with Gasteiger partial charge in [-0.3, -0.25) is 9.88 Å². The molecule has 1 aliphatic rings. The highest BCUT2D eigenvalue weighted by Crippen LogP contribution is 2.20. The van der Waals surface area contributed by atoms with Crippen LogP contribution in [0.1, 0.15) is 41.0 Å². The maximum Gasteiger partial charge on any atom is 0.360 e. The lowest BCUT2D eigenvalue weighted by molar-refractivity contribution is 0.0499. The smallest absolute Gasteiger partial charge is 0.360 e. The zero-order valence-corrected chi connectivity index (χ0v) is 15.9. The van der Waals surface area contributed by atoms with Crippen LogP contribution < -0.4 is 5.73 Å². The first-order valence-corrected chi connectivity index (χ1v) is 9.53. The topological polar surface area (TPSA) is 138 Å². The second-order valence-corrected chi connectivity index (χ2v) is 6.85. The summed E-state index contributed by atoms with van der Waals surface area (Å²) < 4.78 is 11.5. The summed E-state index contributed by atoms with van der Waals surface area (Å²) in [5, 5.41) is 15.5. The van der Waals surface area contributed by atoms with E-state index in [1.807, 2.05) is 12.1 Å². The number of esters is 1. The molecule has 3 aromatic rings. The summed E-state index contributed by atoms with van der Waals surface area (Å²) in [4.78, 5) is 18.9. The molecule has 0 aliphatic carbocycles. The van der Waals surface area contributed by atoms with Crippen LogP contribution >= 0.6 is 0 Å². The van der Waals surface area contributed by atoms with Gasteiger partial charge < -0.3 is 10.5 Å². The molecule has 0 bridgehead atoms. The summed E-state index contributed by atoms with van der Waals surface area (Å²) in [5.74, 6) is -0.250. The number of nitrogens with zero attached hydrogens (tertiary/aromatic N) is 7. The van der Waals surface area contributed by atoms with Crippen molar-refractivity contribution in [2.75, 3.05) is 25.4 Å². The number of ether oxygens (including phenoxy) is 1. The zero-order valence-electron chi connectivity index (χ0n) is 15.9. The Hall–Kier alpha value is -3.34. The number of pyridine rings is 1. The Bertz CT molecular complexity index is 949. The average molecular weight is 398 g/mol. The molecule has 4 rings (SSSR count). The van der Waals surface area contributed by atoms with E-state index in [-0.39, 0.29) is 23.9 Å². The molecule has 0 spiro atoms. The van der Waals surface area contributed by atoms with Gasteiger partial charge in [-0.15, -0.1) is 5.10 Å². The van der Waals surface area contributed by atoms with E-state index in [1.165, 1.54) is 11.1 Å². The quantitative estimate of drug-likeness (QED) is 0.574. The second-order valence-electron chi connectivity index (χ2n) is 6.85. The van der Waals surface area contributed by atoms with Crippen molar-refractivity contribution in [1.29, 1.82) is 0 Å². The van der Waals surface area contributed by atoms with Crippen molar-refractivity contribution in [3.05, 3.63) is 41.5 Å². The molecule has 0 unspecified atom stereocenters. The minimum atomic E-state index is -0.535. The Morgan fingerprint density at radius 3 is 2.69 bits per heavy atom. The van der Waals surface area contributed by atoms with E-state index in [9.17, 15) is 4.79 Å². The Balaban J connectivity index is 1.52. The summed E-state index contributed by atoms with van der Waals surface area (Å²) in [6.45, 7) is 2.59. The van der Waals surface area contributed by atoms with Gasteiger partial charge in [0.15, 0.2) is 5.69 Å². The number of anilines is 1. The SMILES string of the molecule is Nc1nonc1-n1nnc(C(=O)OCCc2ccncc2)c1CN1CCCCC1. The van der Waals surface area contributed by atoms with Crippen LogP contribution in [0.15, 0.2) is 29.2 Å². The van der Waals surface area contributed by atoms with Crippen LogP contribution in [0.2, 0.25) is 0 Å². The molecule has 0 atom stereocenters. The molecule has 11 heteroatoms. The second kappa shape index (κ2) is 8.78. The molecule has 0 amide bonds. The monoisotopic (exact) mass is 398 g/mol. The van der Waals surface area contributed by atoms with Crippen molar-refractivity contribution in [1.82, 2.24) is 35.2 Å². The highest BCUT2D eigenvalue weighted by molar-refractivity contribution is 5.88. The Kier molecular flexibility index (Phi) is 5.75. The standard InChI is InChI=1S/C18H22N8O3/c19-16-17(23-29-22-16)26-14(12-25-9-2-1-3-10-25)15(21-24-26)18(27)28-11-6-13-4-7-20-8-5-13/h4-5,7-8H,1-3,6,9-12H2,(H2,19,22). The highest BCUT2D eigenvalue weighted by Gasteiger charge is 2.27. The third-order valence-corrected chi connectivity index (χ3v) is 4.85. The number of aromatic nitrogens is 6. The van der Waals surface area contributed by atoms with Crippen molar-refractivity contribution in [2.24, 2.45) is 0 Å². The first-order chi connectivity index (χ1) is 14.2. The molecule has 152 valence electrons. The van der Waals surface area contributed by atoms with Crippen LogP contribution in [0.3, 0.4) is 0 Å². The van der Waals surface area contributed by atoms with Gasteiger partial charge in [-0.2, -0.15) is 4.68 Å². The third-order valence-electron chi connectivity index (χ3n) is 4.85. The number of hydrogen-bond acceptors (Lipinski definition) is 10. The fourth-order valence-corrected chi connectivity index (χ4v) is 3.32. The van der Waals surface area contributed by atoms with Crippen LogP contribution in [0.4, 0.5) is 5.82 Å². The van der Waals surface area contributed by atoms with E-state index in [0.717, 1.165) is 31.5 Å². The minimum Gasteiger partial charge on any atom is -0.461 e. The first-order valence-electron chi connectivity index (χ1n) is 9.53. The minimum absolute atomic E-state index is 0.0763. The molecule has 1 fully saturated rings. The molecule has 11 nitrogen and oxygen atoms in total. The van der Waals surface area contributed by atoms with Gasteiger partial charge in [0, 0.05) is 25.4 Å². The number of nitrogen functional groups attached to an aromatic ring is 1. The maximum absolute atomic E-state index is 12.7. The lowest BCUT2D eigenvalue weighted by Crippen LogP contribution is -2.31. The highest BCUT2D eigenvalue weighted by atomic mass is 16.6. The summed E-state index contributed by atoms with van der Waals surface area (Å²) in [7, 11) is 0. The van der Waals surface area contributed by atoms with E-state index >= 15 is 0 Å². The van der Waals surface area contributed by atoms with Gasteiger partial charge in [-0.25, -0.2) is 9.42 Å². The normalized spacial score (nSPS) is 14.8. The summed E-state index contributed by atoms with van der Waals surface area (Å²) in [5.41, 5.74) is 7.55. The van der Waals surface area contributed by atoms with Crippen molar-refractivity contribution in [3.8, 4) is 5.82 Å². The predicted molar refractivity (Wildman–Crippen MR) is 101 cm³/mol. The molecular weight excluding hydrogens is 376 g/mol. The van der Waals surface area contributed by atoms with Crippen LogP contribution in [0, 0.1) is 0 Å². The summed E-state index contributed by atoms with van der Waals surface area (Å²) in [6, 6.07) is 3.76. The molecule has 0 aromatic carbocycles. The van der Waals surface area contributed by atoms with Gasteiger partial charge in [0.1, 0.15) is 0 Å². The molecule has 3 aromatic heterocycles. The molecule has 4 heterocycles. The summed E-state index contributed by atoms with van der Waals surface area (Å²) >= 11 is 0. The molecular formula is C18H22N8O3. The number of hydrogen-bond donors (Lipinski definition) is 1. The largest absolute Gasteiger partial charge is 0.461 e. The van der Waals surface area contributed by atoms with Crippen LogP contribution in [-0.2, 0) is 17.7 Å². The van der Waals surface area contributed by atoms with E-state index in [4.69, 9.17) is 10.5 Å². The van der Waals surface area contributed by atoms with Crippen molar-refractivity contribution < 1.29 is 14.2 Å². The molecule has 1 saturated heterocycles. The fourth-order valence-electron chi connectivity index (χ4n) is 3.32. The van der Waals surface area contributed by atoms with E-state index in [1.54, 1.807) is 12.4 Å². The van der Waals surface area contributed by atoms with Gasteiger partial charge in [0.25, 0.3) is 0 Å². The van der Waals surface area contributed by atoms with Gasteiger partial charge >= 0.3 is 5.97 Å². The van der Waals surface area contributed by atoms with Crippen molar-refractivity contribution in [3.63, 3.8) is 0 Å². The number of rotatable bonds is 7. The number of piperidine rings is 1. The maximum atomic E-state index is 12.7. The van der Waals surface area contributed by atoms with E-state index < -0.39 is 5.97 Å². The number of carbonyl (C=O) groups excluding carboxylic acids is 1. The van der Waals surface area contributed by atoms with E-state index in [0.29, 0.717) is 18.7 Å². The van der Waals surface area contributed by atoms with Gasteiger partial charge in [-0.1, -0.05) is 11.6 Å². The molecule has 29 heavy (non-hydrogen) atoms. The molecule has 1 aliphatic heterocycles. The van der Waals surface area contributed by atoms with Gasteiger partial charge in [-0.05, 0) is 53.9 Å². The fraction of sp³-hybridized carbons (Fsp3) is 0.444. The lowest BCUT2D eigenvalue weighted by Gasteiger charge is -2.26. The van der Waals surface area contributed by atoms with Gasteiger partial charge in [0.2, 0.25) is 11.6 Å². The van der Waals surface area contributed by atoms with Crippen LogP contribution in [0.25, 0.3) is 5.82 Å². The number of likely N-dealkylation sites (tertiary alicyclic amines) is 1. The summed E-state index contributed by atoms with van der Waals surface area (Å²) in [6.07, 6.45) is 7.43. The number of carbonyl (C=O) groups is 1. The third kappa shape index (κ3) is 4.40. The Labute approximate surface area is 166 Å². The van der Waals surface area contributed by atoms with Crippen molar-refractivity contribution in [2.45, 2.75) is 32.2 Å². The molecule has 0 saturated carbocycles. The van der Waals surface area contributed by atoms with Crippen LogP contribution in [0.5, 0.6) is 0 Å². The van der Waals surface area contributed by atoms with Gasteiger partial charge in [0.05, 0.1) is 12.3 Å². The molecule has 2 N–H and O–H groups in total. The van der Waals surface area contributed by atoms with Crippen molar-refractivity contribution >= 4 is 11.8 Å². The number of nitrogens with two attached hydrogens (primary N) is 1. The van der Waals surface area contributed by atoms with Crippen LogP contribution in [-0.4, -0.2) is 60.9 Å². The first kappa shape index (κ1) is 19.0. The average Bonchev–Trinajstić information content (AvgIpc) is 3.35. The van der Waals surface area contributed by atoms with E-state index in [2.05, 4.69) is 35.1 Å². The Morgan fingerprint density at radius 2 is 1.97 bits per heavy atom. The molecule has 0 radical (unpaired) electrons. The lowest BCUT2D eigenvalue weighted by atomic mass is 10.1. The zero-order chi connectivity index (χ0) is 20.1.